The molecule has 0 spiro atoms. The maximum absolute atomic E-state index is 10.4. The fourth-order valence-electron chi connectivity index (χ4n) is 2.84. The summed E-state index contributed by atoms with van der Waals surface area (Å²) in [7, 11) is 1.83. The largest absolute Gasteiger partial charge is 0.489 e. The van der Waals surface area contributed by atoms with Crippen molar-refractivity contribution in [2.24, 2.45) is 0 Å². The molecule has 0 aliphatic carbocycles. The summed E-state index contributed by atoms with van der Waals surface area (Å²) in [5.74, 6) is 0.806. The van der Waals surface area contributed by atoms with E-state index in [1.807, 2.05) is 75.5 Å². The van der Waals surface area contributed by atoms with Gasteiger partial charge in [0.1, 0.15) is 12.4 Å². The van der Waals surface area contributed by atoms with E-state index in [4.69, 9.17) is 4.74 Å². The van der Waals surface area contributed by atoms with Crippen LogP contribution < -0.4 is 26.2 Å². The molecule has 3 rings (SSSR count). The Labute approximate surface area is 169 Å². The number of anilines is 1. The predicted molar refractivity (Wildman–Crippen MR) is 112 cm³/mol. The maximum atomic E-state index is 10.4. The summed E-state index contributed by atoms with van der Waals surface area (Å²) in [6, 6.07) is 17.7. The van der Waals surface area contributed by atoms with E-state index >= 15 is 0 Å². The quantitative estimate of drug-likeness (QED) is 0.293. The smallest absolute Gasteiger partial charge is 0.222 e. The second kappa shape index (κ2) is 9.63. The first-order valence-electron chi connectivity index (χ1n) is 9.14. The average molecular weight is 392 g/mol. The number of ether oxygens (including phenoxy) is 1. The molecule has 0 radical (unpaired) electrons. The molecule has 8 heteroatoms. The van der Waals surface area contributed by atoms with Gasteiger partial charge in [-0.2, -0.15) is 21.3 Å². The average Bonchev–Trinajstić information content (AvgIpc) is 2.74. The SMILES string of the molecule is Cc1ccc(-c2ccc(OCc3ccccc3N(C)NNNC=O)c(C)c2)nn1. The van der Waals surface area contributed by atoms with Crippen LogP contribution in [0.25, 0.3) is 11.3 Å². The standard InChI is InChI=1S/C21H24N6O2/c1-15-12-17(19-10-8-16(2)23-24-19)9-11-21(15)29-13-18-6-4-5-7-20(18)27(3)26-25-22-14-28/h4-12,14,25-26H,13H2,1-3H3,(H,22,28). The molecular formula is C21H24N6O2. The van der Waals surface area contributed by atoms with Gasteiger partial charge in [0, 0.05) is 18.2 Å². The van der Waals surface area contributed by atoms with Crippen molar-refractivity contribution >= 4 is 12.1 Å². The van der Waals surface area contributed by atoms with E-state index in [0.29, 0.717) is 13.0 Å². The van der Waals surface area contributed by atoms with E-state index in [2.05, 4.69) is 26.7 Å². The number of aryl methyl sites for hydroxylation is 2. The Balaban J connectivity index is 1.70. The van der Waals surface area contributed by atoms with Crippen LogP contribution in [0.15, 0.2) is 54.6 Å². The van der Waals surface area contributed by atoms with Gasteiger partial charge in [0.15, 0.2) is 0 Å². The normalized spacial score (nSPS) is 10.4. The van der Waals surface area contributed by atoms with E-state index in [1.54, 1.807) is 5.01 Å². The highest BCUT2D eigenvalue weighted by Crippen LogP contribution is 2.27. The fraction of sp³-hybridized carbons (Fsp3) is 0.190. The van der Waals surface area contributed by atoms with Crippen molar-refractivity contribution in [3.8, 4) is 17.0 Å². The highest BCUT2D eigenvalue weighted by molar-refractivity contribution is 5.61. The molecule has 0 fully saturated rings. The molecule has 3 N–H and O–H groups in total. The van der Waals surface area contributed by atoms with Crippen molar-refractivity contribution in [1.29, 1.82) is 0 Å². The van der Waals surface area contributed by atoms with Gasteiger partial charge in [-0.25, -0.2) is 0 Å². The highest BCUT2D eigenvalue weighted by atomic mass is 16.5. The number of carbonyl (C=O) groups is 1. The summed E-state index contributed by atoms with van der Waals surface area (Å²) in [6.45, 7) is 4.32. The van der Waals surface area contributed by atoms with Crippen LogP contribution in [0.1, 0.15) is 16.8 Å². The first-order chi connectivity index (χ1) is 14.1. The number of para-hydroxylation sites is 1. The van der Waals surface area contributed by atoms with Crippen molar-refractivity contribution in [3.63, 3.8) is 0 Å². The van der Waals surface area contributed by atoms with Gasteiger partial charge in [0.25, 0.3) is 0 Å². The Morgan fingerprint density at radius 3 is 2.62 bits per heavy atom. The minimum absolute atomic E-state index is 0.397. The third kappa shape index (κ3) is 5.28. The van der Waals surface area contributed by atoms with Crippen LogP contribution in [0.5, 0.6) is 5.75 Å². The van der Waals surface area contributed by atoms with Crippen LogP contribution in [-0.2, 0) is 11.4 Å². The summed E-state index contributed by atoms with van der Waals surface area (Å²) in [6.07, 6.45) is 0.546. The van der Waals surface area contributed by atoms with Crippen LogP contribution in [0.2, 0.25) is 0 Å². The van der Waals surface area contributed by atoms with Crippen LogP contribution in [-0.4, -0.2) is 23.7 Å². The summed E-state index contributed by atoms with van der Waals surface area (Å²) in [5, 5.41) is 10.1. The van der Waals surface area contributed by atoms with Crippen molar-refractivity contribution < 1.29 is 9.53 Å². The van der Waals surface area contributed by atoms with Crippen LogP contribution in [0.3, 0.4) is 0 Å². The molecule has 0 unspecified atom stereocenters. The number of aromatic nitrogens is 2. The zero-order valence-corrected chi connectivity index (χ0v) is 16.6. The second-order valence-corrected chi connectivity index (χ2v) is 6.52. The molecule has 0 bridgehead atoms. The number of hydrogen-bond acceptors (Lipinski definition) is 7. The van der Waals surface area contributed by atoms with Gasteiger partial charge in [-0.1, -0.05) is 18.2 Å². The van der Waals surface area contributed by atoms with E-state index in [0.717, 1.165) is 39.5 Å². The van der Waals surface area contributed by atoms with Crippen molar-refractivity contribution in [3.05, 3.63) is 71.4 Å². The molecule has 0 atom stereocenters. The Morgan fingerprint density at radius 1 is 1.07 bits per heavy atom. The zero-order chi connectivity index (χ0) is 20.6. The van der Waals surface area contributed by atoms with Crippen LogP contribution in [0, 0.1) is 13.8 Å². The molecule has 0 saturated carbocycles. The number of carbonyl (C=O) groups excluding carboxylic acids is 1. The molecular weight excluding hydrogens is 368 g/mol. The predicted octanol–water partition coefficient (Wildman–Crippen LogP) is 2.45. The summed E-state index contributed by atoms with van der Waals surface area (Å²) >= 11 is 0. The Bertz CT molecular complexity index is 962. The fourth-order valence-corrected chi connectivity index (χ4v) is 2.84. The van der Waals surface area contributed by atoms with E-state index in [1.165, 1.54) is 0 Å². The van der Waals surface area contributed by atoms with Crippen LogP contribution in [0.4, 0.5) is 5.69 Å². The molecule has 29 heavy (non-hydrogen) atoms. The number of hydrazine groups is 3. The number of nitrogens with zero attached hydrogens (tertiary/aromatic N) is 3. The van der Waals surface area contributed by atoms with Crippen LogP contribution >= 0.6 is 0 Å². The van der Waals surface area contributed by atoms with Gasteiger partial charge < -0.3 is 4.74 Å². The molecule has 3 aromatic rings. The Hall–Kier alpha value is -3.49. The minimum atomic E-state index is 0.397. The lowest BCUT2D eigenvalue weighted by Crippen LogP contribution is -2.51. The molecule has 150 valence electrons. The zero-order valence-electron chi connectivity index (χ0n) is 16.6. The van der Waals surface area contributed by atoms with Gasteiger partial charge in [0.2, 0.25) is 6.41 Å². The molecule has 8 nitrogen and oxygen atoms in total. The first-order valence-corrected chi connectivity index (χ1v) is 9.14. The highest BCUT2D eigenvalue weighted by Gasteiger charge is 2.09. The second-order valence-electron chi connectivity index (χ2n) is 6.52. The van der Waals surface area contributed by atoms with E-state index < -0.39 is 0 Å². The lowest BCUT2D eigenvalue weighted by Gasteiger charge is -2.23. The lowest BCUT2D eigenvalue weighted by molar-refractivity contribution is -0.110. The molecule has 1 aromatic heterocycles. The topological polar surface area (TPSA) is 91.4 Å². The number of amides is 1. The van der Waals surface area contributed by atoms with Gasteiger partial charge in [0.05, 0.1) is 17.1 Å². The molecule has 0 saturated heterocycles. The molecule has 2 aromatic carbocycles. The first kappa shape index (κ1) is 20.2. The number of benzene rings is 2. The summed E-state index contributed by atoms with van der Waals surface area (Å²) in [5.41, 5.74) is 13.4. The Morgan fingerprint density at radius 2 is 1.90 bits per heavy atom. The molecule has 1 amide bonds. The number of hydrogen-bond donors (Lipinski definition) is 3. The van der Waals surface area contributed by atoms with Gasteiger partial charge in [-0.15, -0.1) is 0 Å². The van der Waals surface area contributed by atoms with Gasteiger partial charge in [-0.3, -0.25) is 15.2 Å². The molecule has 1 heterocycles. The summed E-state index contributed by atoms with van der Waals surface area (Å²) < 4.78 is 6.07. The minimum Gasteiger partial charge on any atom is -0.489 e. The van der Waals surface area contributed by atoms with Crippen molar-refractivity contribution in [1.82, 2.24) is 26.7 Å². The van der Waals surface area contributed by atoms with Gasteiger partial charge in [-0.05, 0) is 55.8 Å². The lowest BCUT2D eigenvalue weighted by atomic mass is 10.1. The number of nitrogens with one attached hydrogen (secondary N) is 3. The van der Waals surface area contributed by atoms with Crippen molar-refractivity contribution in [2.75, 3.05) is 12.1 Å². The van der Waals surface area contributed by atoms with E-state index in [9.17, 15) is 4.79 Å². The maximum Gasteiger partial charge on any atom is 0.222 e. The van der Waals surface area contributed by atoms with E-state index in [-0.39, 0.29) is 0 Å². The number of rotatable bonds is 9. The molecule has 0 aliphatic heterocycles. The Kier molecular flexibility index (Phi) is 6.72. The third-order valence-electron chi connectivity index (χ3n) is 4.36. The molecule has 0 aliphatic rings. The van der Waals surface area contributed by atoms with Gasteiger partial charge >= 0.3 is 0 Å². The monoisotopic (exact) mass is 392 g/mol. The van der Waals surface area contributed by atoms with Crippen molar-refractivity contribution in [2.45, 2.75) is 20.5 Å². The summed E-state index contributed by atoms with van der Waals surface area (Å²) in [4.78, 5) is 10.4. The third-order valence-corrected chi connectivity index (χ3v) is 4.36.